The highest BCUT2D eigenvalue weighted by Gasteiger charge is 2.37. The van der Waals surface area contributed by atoms with Crippen LogP contribution >= 0.6 is 0 Å². The van der Waals surface area contributed by atoms with Crippen LogP contribution in [-0.2, 0) is 9.59 Å². The molecule has 0 radical (unpaired) electrons. The zero-order valence-corrected chi connectivity index (χ0v) is 8.52. The minimum Gasteiger partial charge on any atom is -0.299 e. The predicted octanol–water partition coefficient (Wildman–Crippen LogP) is 2.28. The molecule has 13 heavy (non-hydrogen) atoms. The van der Waals surface area contributed by atoms with Gasteiger partial charge in [-0.3, -0.25) is 9.59 Å². The van der Waals surface area contributed by atoms with Crippen LogP contribution in [0.4, 0.5) is 0 Å². The van der Waals surface area contributed by atoms with Gasteiger partial charge >= 0.3 is 0 Å². The second-order valence-corrected chi connectivity index (χ2v) is 3.79. The highest BCUT2D eigenvalue weighted by molar-refractivity contribution is 5.96. The first-order valence-electron chi connectivity index (χ1n) is 4.75. The van der Waals surface area contributed by atoms with E-state index in [2.05, 4.69) is 0 Å². The fourth-order valence-corrected chi connectivity index (χ4v) is 2.14. The molecule has 0 aromatic rings. The third-order valence-corrected chi connectivity index (χ3v) is 3.21. The third kappa shape index (κ3) is 1.58. The lowest BCUT2D eigenvalue weighted by atomic mass is 9.68. The molecule has 1 rings (SSSR count). The summed E-state index contributed by atoms with van der Waals surface area (Å²) in [6, 6.07) is 0. The van der Waals surface area contributed by atoms with E-state index in [9.17, 15) is 9.59 Å². The van der Waals surface area contributed by atoms with E-state index in [0.717, 1.165) is 12.0 Å². The highest BCUT2D eigenvalue weighted by atomic mass is 16.1. The van der Waals surface area contributed by atoms with Crippen molar-refractivity contribution in [3.05, 3.63) is 11.6 Å². The molecule has 2 nitrogen and oxygen atoms in total. The summed E-state index contributed by atoms with van der Waals surface area (Å²) in [5.74, 6) is 0.346. The first-order chi connectivity index (χ1) is 6.03. The molecule has 0 N–H and O–H groups in total. The van der Waals surface area contributed by atoms with Gasteiger partial charge in [-0.25, -0.2) is 0 Å². The number of ketones is 2. The molecule has 0 saturated heterocycles. The molecule has 0 spiro atoms. The van der Waals surface area contributed by atoms with E-state index in [-0.39, 0.29) is 17.0 Å². The van der Waals surface area contributed by atoms with Gasteiger partial charge in [-0.2, -0.15) is 0 Å². The summed E-state index contributed by atoms with van der Waals surface area (Å²) in [6.07, 6.45) is 3.65. The van der Waals surface area contributed by atoms with Crippen molar-refractivity contribution in [2.75, 3.05) is 0 Å². The molecule has 0 aromatic heterocycles. The van der Waals surface area contributed by atoms with Gasteiger partial charge in [-0.15, -0.1) is 0 Å². The summed E-state index contributed by atoms with van der Waals surface area (Å²) < 4.78 is 0. The molecule has 0 aromatic carbocycles. The van der Waals surface area contributed by atoms with Gasteiger partial charge in [0.1, 0.15) is 5.78 Å². The minimum atomic E-state index is -0.339. The predicted molar refractivity (Wildman–Crippen MR) is 51.4 cm³/mol. The van der Waals surface area contributed by atoms with Gasteiger partial charge < -0.3 is 0 Å². The van der Waals surface area contributed by atoms with Gasteiger partial charge in [0.25, 0.3) is 0 Å². The molecular formula is C11H16O2. The van der Waals surface area contributed by atoms with Gasteiger partial charge in [0.15, 0.2) is 5.78 Å². The average molecular weight is 180 g/mol. The maximum Gasteiger partial charge on any atom is 0.155 e. The summed E-state index contributed by atoms with van der Waals surface area (Å²) in [5, 5.41) is 0. The molecule has 0 aliphatic heterocycles. The van der Waals surface area contributed by atoms with E-state index in [0.29, 0.717) is 12.8 Å². The molecule has 0 bridgehead atoms. The van der Waals surface area contributed by atoms with Crippen molar-refractivity contribution in [1.29, 1.82) is 0 Å². The molecule has 2 heteroatoms. The van der Waals surface area contributed by atoms with Crippen LogP contribution in [0.1, 0.15) is 40.0 Å². The van der Waals surface area contributed by atoms with Crippen molar-refractivity contribution in [2.45, 2.75) is 40.0 Å². The number of carbonyl (C=O) groups is 2. The van der Waals surface area contributed by atoms with Gasteiger partial charge in [0.05, 0.1) is 0 Å². The number of rotatable bonds is 2. The quantitative estimate of drug-likeness (QED) is 0.653. The Labute approximate surface area is 79.0 Å². The molecule has 1 aliphatic carbocycles. The second-order valence-electron chi connectivity index (χ2n) is 3.79. The highest BCUT2D eigenvalue weighted by Crippen LogP contribution is 2.40. The van der Waals surface area contributed by atoms with E-state index >= 15 is 0 Å². The van der Waals surface area contributed by atoms with Crippen molar-refractivity contribution in [3.63, 3.8) is 0 Å². The number of hydrogen-bond acceptors (Lipinski definition) is 2. The SMILES string of the molecule is CC[C@@]1(C(C)=O)CCC(=O)C=C1C. The van der Waals surface area contributed by atoms with Crippen molar-refractivity contribution in [2.24, 2.45) is 5.41 Å². The topological polar surface area (TPSA) is 34.1 Å². The Balaban J connectivity index is 3.08. The summed E-state index contributed by atoms with van der Waals surface area (Å²) >= 11 is 0. The zero-order chi connectivity index (χ0) is 10.1. The van der Waals surface area contributed by atoms with Crippen LogP contribution < -0.4 is 0 Å². The van der Waals surface area contributed by atoms with Crippen LogP contribution in [0.25, 0.3) is 0 Å². The van der Waals surface area contributed by atoms with Gasteiger partial charge in [-0.05, 0) is 32.8 Å². The van der Waals surface area contributed by atoms with E-state index in [1.165, 1.54) is 0 Å². The van der Waals surface area contributed by atoms with E-state index in [4.69, 9.17) is 0 Å². The summed E-state index contributed by atoms with van der Waals surface area (Å²) in [7, 11) is 0. The Bertz CT molecular complexity index is 276. The largest absolute Gasteiger partial charge is 0.299 e. The van der Waals surface area contributed by atoms with Gasteiger partial charge in [-0.1, -0.05) is 12.5 Å². The number of carbonyl (C=O) groups excluding carboxylic acids is 2. The number of hydrogen-bond donors (Lipinski definition) is 0. The Morgan fingerprint density at radius 1 is 1.62 bits per heavy atom. The molecule has 0 amide bonds. The fourth-order valence-electron chi connectivity index (χ4n) is 2.14. The van der Waals surface area contributed by atoms with Crippen molar-refractivity contribution in [3.8, 4) is 0 Å². The Morgan fingerprint density at radius 3 is 2.62 bits per heavy atom. The van der Waals surface area contributed by atoms with Crippen molar-refractivity contribution in [1.82, 2.24) is 0 Å². The van der Waals surface area contributed by atoms with Crippen LogP contribution in [0, 0.1) is 5.41 Å². The summed E-state index contributed by atoms with van der Waals surface area (Å²) in [4.78, 5) is 22.6. The fraction of sp³-hybridized carbons (Fsp3) is 0.636. The van der Waals surface area contributed by atoms with Crippen LogP contribution in [-0.4, -0.2) is 11.6 Å². The lowest BCUT2D eigenvalue weighted by molar-refractivity contribution is -0.126. The molecular weight excluding hydrogens is 164 g/mol. The van der Waals surface area contributed by atoms with Crippen LogP contribution in [0.3, 0.4) is 0 Å². The average Bonchev–Trinajstić information content (AvgIpc) is 2.04. The van der Waals surface area contributed by atoms with Crippen molar-refractivity contribution < 1.29 is 9.59 Å². The van der Waals surface area contributed by atoms with Crippen LogP contribution in [0.2, 0.25) is 0 Å². The lowest BCUT2D eigenvalue weighted by Crippen LogP contribution is -2.33. The minimum absolute atomic E-state index is 0.155. The third-order valence-electron chi connectivity index (χ3n) is 3.21. The lowest BCUT2D eigenvalue weighted by Gasteiger charge is -2.33. The van der Waals surface area contributed by atoms with E-state index < -0.39 is 0 Å². The van der Waals surface area contributed by atoms with Crippen molar-refractivity contribution >= 4 is 11.6 Å². The molecule has 0 heterocycles. The molecule has 0 saturated carbocycles. The maximum atomic E-state index is 11.5. The van der Waals surface area contributed by atoms with E-state index in [1.54, 1.807) is 13.0 Å². The molecule has 0 fully saturated rings. The normalized spacial score (nSPS) is 28.5. The van der Waals surface area contributed by atoms with E-state index in [1.807, 2.05) is 13.8 Å². The summed E-state index contributed by atoms with van der Waals surface area (Å²) in [5.41, 5.74) is 0.604. The second kappa shape index (κ2) is 3.44. The standard InChI is InChI=1S/C11H16O2/c1-4-11(9(3)12)6-5-10(13)7-8(11)2/h7H,4-6H2,1-3H3/t11-/m1/s1. The maximum absolute atomic E-state index is 11.5. The first kappa shape index (κ1) is 10.2. The molecule has 0 unspecified atom stereocenters. The Morgan fingerprint density at radius 2 is 2.23 bits per heavy atom. The Hall–Kier alpha value is -0.920. The number of Topliss-reactive ketones (excluding diaryl/α,β-unsaturated/α-hetero) is 1. The summed E-state index contributed by atoms with van der Waals surface area (Å²) in [6.45, 7) is 5.52. The monoisotopic (exact) mass is 180 g/mol. The molecule has 72 valence electrons. The smallest absolute Gasteiger partial charge is 0.155 e. The molecule has 1 atom stereocenters. The first-order valence-corrected chi connectivity index (χ1v) is 4.75. The molecule has 1 aliphatic rings. The zero-order valence-electron chi connectivity index (χ0n) is 8.52. The number of allylic oxidation sites excluding steroid dienone is 2. The van der Waals surface area contributed by atoms with Gasteiger partial charge in [0, 0.05) is 11.8 Å². The van der Waals surface area contributed by atoms with Crippen LogP contribution in [0.5, 0.6) is 0 Å². The van der Waals surface area contributed by atoms with Gasteiger partial charge in [0.2, 0.25) is 0 Å². The van der Waals surface area contributed by atoms with Crippen LogP contribution in [0.15, 0.2) is 11.6 Å². The Kier molecular flexibility index (Phi) is 2.69.